The van der Waals surface area contributed by atoms with Gasteiger partial charge in [-0.05, 0) is 48.7 Å². The van der Waals surface area contributed by atoms with Gasteiger partial charge in [0.15, 0.2) is 0 Å². The molecule has 1 heterocycles. The summed E-state index contributed by atoms with van der Waals surface area (Å²) in [5, 5.41) is 0. The number of halogens is 7. The number of benzene rings is 2. The first-order valence-corrected chi connectivity index (χ1v) is 13.3. The molecule has 2 atom stereocenters. The number of alkyl halides is 5. The third-order valence-electron chi connectivity index (χ3n) is 7.65. The van der Waals surface area contributed by atoms with Crippen molar-refractivity contribution in [1.29, 1.82) is 0 Å². The van der Waals surface area contributed by atoms with Crippen molar-refractivity contribution in [2.45, 2.75) is 49.7 Å². The molecule has 2 aliphatic rings. The predicted molar refractivity (Wildman–Crippen MR) is 137 cm³/mol. The molecular weight excluding hydrogens is 592 g/mol. The maximum atomic E-state index is 13.7. The number of hydrogen-bond acceptors (Lipinski definition) is 2. The van der Waals surface area contributed by atoms with Gasteiger partial charge in [0.1, 0.15) is 5.82 Å². The van der Waals surface area contributed by atoms with Crippen LogP contribution in [0.25, 0.3) is 0 Å². The Morgan fingerprint density at radius 1 is 1.00 bits per heavy atom. The van der Waals surface area contributed by atoms with Gasteiger partial charge in [-0.3, -0.25) is 9.69 Å². The number of urea groups is 1. The van der Waals surface area contributed by atoms with Crippen LogP contribution in [-0.2, 0) is 11.0 Å². The highest BCUT2D eigenvalue weighted by molar-refractivity contribution is 9.10. The average Bonchev–Trinajstić information content (AvgIpc) is 3.32. The van der Waals surface area contributed by atoms with Crippen LogP contribution in [0.5, 0.6) is 0 Å². The molecule has 1 aliphatic heterocycles. The van der Waals surface area contributed by atoms with Crippen molar-refractivity contribution < 1.29 is 35.9 Å². The molecule has 3 amide bonds. The van der Waals surface area contributed by atoms with Gasteiger partial charge in [-0.25, -0.2) is 18.0 Å². The van der Waals surface area contributed by atoms with E-state index in [0.29, 0.717) is 5.56 Å². The molecule has 0 radical (unpaired) electrons. The van der Waals surface area contributed by atoms with Crippen LogP contribution in [-0.4, -0.2) is 60.9 Å². The normalized spacial score (nSPS) is 21.6. The molecule has 1 saturated carbocycles. The van der Waals surface area contributed by atoms with E-state index in [1.165, 1.54) is 37.2 Å². The minimum atomic E-state index is -4.61. The summed E-state index contributed by atoms with van der Waals surface area (Å²) < 4.78 is 81.2. The number of anilines is 1. The van der Waals surface area contributed by atoms with E-state index in [9.17, 15) is 35.9 Å². The molecule has 5 nitrogen and oxygen atoms in total. The van der Waals surface area contributed by atoms with Gasteiger partial charge in [0.25, 0.3) is 0 Å². The molecule has 12 heteroatoms. The lowest BCUT2D eigenvalue weighted by Crippen LogP contribution is -2.48. The second-order valence-corrected chi connectivity index (χ2v) is 11.2. The van der Waals surface area contributed by atoms with Gasteiger partial charge in [0, 0.05) is 62.0 Å². The lowest BCUT2D eigenvalue weighted by atomic mass is 9.86. The minimum Gasteiger partial charge on any atom is -0.340 e. The van der Waals surface area contributed by atoms with Crippen LogP contribution < -0.4 is 4.90 Å². The third-order valence-corrected chi connectivity index (χ3v) is 8.11. The molecule has 1 saturated heterocycles. The summed E-state index contributed by atoms with van der Waals surface area (Å²) in [5.74, 6) is -4.48. The van der Waals surface area contributed by atoms with Crippen LogP contribution in [0.4, 0.5) is 36.8 Å². The Kier molecular flexibility index (Phi) is 8.26. The molecule has 2 aromatic carbocycles. The lowest BCUT2D eigenvalue weighted by Gasteiger charge is -2.33. The van der Waals surface area contributed by atoms with E-state index in [0.717, 1.165) is 17.0 Å². The number of rotatable bonds is 4. The Hall–Kier alpha value is -2.76. The second-order valence-electron chi connectivity index (χ2n) is 10.2. The van der Waals surface area contributed by atoms with Gasteiger partial charge in [0.2, 0.25) is 11.8 Å². The van der Waals surface area contributed by atoms with E-state index >= 15 is 0 Å². The van der Waals surface area contributed by atoms with Crippen LogP contribution >= 0.6 is 15.9 Å². The monoisotopic (exact) mass is 619 g/mol. The van der Waals surface area contributed by atoms with E-state index in [1.54, 1.807) is 17.0 Å². The van der Waals surface area contributed by atoms with Crippen LogP contribution in [0.15, 0.2) is 46.9 Å². The van der Waals surface area contributed by atoms with Gasteiger partial charge < -0.3 is 9.80 Å². The highest BCUT2D eigenvalue weighted by atomic mass is 79.9. The van der Waals surface area contributed by atoms with Crippen molar-refractivity contribution in [1.82, 2.24) is 9.80 Å². The van der Waals surface area contributed by atoms with Gasteiger partial charge in [-0.15, -0.1) is 0 Å². The first kappa shape index (κ1) is 29.2. The fraction of sp³-hybridized carbons (Fsp3) is 0.481. The number of likely N-dealkylation sites (tertiary alicyclic amines) is 1. The van der Waals surface area contributed by atoms with E-state index in [-0.39, 0.29) is 54.8 Å². The summed E-state index contributed by atoms with van der Waals surface area (Å²) in [5.41, 5.74) is -0.231. The van der Waals surface area contributed by atoms with Crippen LogP contribution in [0.2, 0.25) is 0 Å². The lowest BCUT2D eigenvalue weighted by molar-refractivity contribution is -0.139. The average molecular weight is 620 g/mol. The summed E-state index contributed by atoms with van der Waals surface area (Å²) >= 11 is 3.07. The van der Waals surface area contributed by atoms with Crippen molar-refractivity contribution in [3.05, 3.63) is 63.9 Å². The molecule has 2 aromatic rings. The second kappa shape index (κ2) is 11.0. The first-order chi connectivity index (χ1) is 18.2. The molecule has 39 heavy (non-hydrogen) atoms. The standard InChI is InChI=1S/C27H28BrF6N3O2/c1-35(21-12-18(27(32,33)34)11-19(28)13-21)25(39)36(2)23-15-37(14-22(23)16-3-5-20(29)6-4-16)24(38)17-7-9-26(30,31)10-8-17/h3-6,11-13,17,22-23H,7-10,14-15H2,1-2H3. The van der Waals surface area contributed by atoms with Gasteiger partial charge in [-0.1, -0.05) is 28.1 Å². The molecule has 0 aromatic heterocycles. The van der Waals surface area contributed by atoms with E-state index in [4.69, 9.17) is 0 Å². The fourth-order valence-electron chi connectivity index (χ4n) is 5.36. The van der Waals surface area contributed by atoms with E-state index in [2.05, 4.69) is 15.9 Å². The predicted octanol–water partition coefficient (Wildman–Crippen LogP) is 6.92. The molecular formula is C27H28BrF6N3O2. The maximum Gasteiger partial charge on any atom is 0.416 e. The Morgan fingerprint density at radius 2 is 1.62 bits per heavy atom. The highest BCUT2D eigenvalue weighted by Crippen LogP contribution is 2.39. The number of nitrogens with zero attached hydrogens (tertiary/aromatic N) is 3. The van der Waals surface area contributed by atoms with Crippen LogP contribution in [0.1, 0.15) is 42.7 Å². The molecule has 0 bridgehead atoms. The molecule has 4 rings (SSSR count). The van der Waals surface area contributed by atoms with Crippen molar-refractivity contribution in [3.8, 4) is 0 Å². The molecule has 212 valence electrons. The molecule has 2 fully saturated rings. The largest absolute Gasteiger partial charge is 0.416 e. The Labute approximate surface area is 230 Å². The minimum absolute atomic E-state index is 0.0148. The summed E-state index contributed by atoms with van der Waals surface area (Å²) in [6.07, 6.45) is -5.21. The number of carbonyl (C=O) groups is 2. The zero-order valence-electron chi connectivity index (χ0n) is 21.3. The molecule has 0 spiro atoms. The topological polar surface area (TPSA) is 43.9 Å². The number of carbonyl (C=O) groups excluding carboxylic acids is 2. The van der Waals surface area contributed by atoms with Gasteiger partial charge in [-0.2, -0.15) is 13.2 Å². The Bertz CT molecular complexity index is 1210. The molecule has 2 unspecified atom stereocenters. The third kappa shape index (κ3) is 6.53. The van der Waals surface area contributed by atoms with Crippen molar-refractivity contribution in [3.63, 3.8) is 0 Å². The SMILES string of the molecule is CN(C(=O)N(C)C1CN(C(=O)C2CCC(F)(F)CC2)CC1c1ccc(F)cc1)c1cc(Br)cc(C(F)(F)F)c1. The Morgan fingerprint density at radius 3 is 2.21 bits per heavy atom. The van der Waals surface area contributed by atoms with Crippen molar-refractivity contribution in [2.75, 3.05) is 32.1 Å². The Balaban J connectivity index is 1.58. The smallest absolute Gasteiger partial charge is 0.340 e. The number of amides is 3. The first-order valence-electron chi connectivity index (χ1n) is 12.5. The zero-order chi connectivity index (χ0) is 28.7. The number of hydrogen-bond donors (Lipinski definition) is 0. The quantitative estimate of drug-likeness (QED) is 0.349. The van der Waals surface area contributed by atoms with Crippen molar-refractivity contribution >= 4 is 33.6 Å². The number of likely N-dealkylation sites (N-methyl/N-ethyl adjacent to an activating group) is 1. The van der Waals surface area contributed by atoms with Gasteiger partial charge >= 0.3 is 12.2 Å². The maximum absolute atomic E-state index is 13.7. The summed E-state index contributed by atoms with van der Waals surface area (Å²) in [6, 6.07) is 7.65. The fourth-order valence-corrected chi connectivity index (χ4v) is 5.84. The van der Waals surface area contributed by atoms with Crippen LogP contribution in [0, 0.1) is 11.7 Å². The van der Waals surface area contributed by atoms with E-state index < -0.39 is 47.4 Å². The molecule has 1 aliphatic carbocycles. The zero-order valence-corrected chi connectivity index (χ0v) is 22.9. The summed E-state index contributed by atoms with van der Waals surface area (Å²) in [7, 11) is 2.85. The van der Waals surface area contributed by atoms with E-state index in [1.807, 2.05) is 0 Å². The summed E-state index contributed by atoms with van der Waals surface area (Å²) in [4.78, 5) is 30.8. The molecule has 0 N–H and O–H groups in total. The van der Waals surface area contributed by atoms with Crippen LogP contribution in [0.3, 0.4) is 0 Å². The summed E-state index contributed by atoms with van der Waals surface area (Å²) in [6.45, 7) is 0.300. The van der Waals surface area contributed by atoms with Gasteiger partial charge in [0.05, 0.1) is 11.6 Å². The van der Waals surface area contributed by atoms with Crippen molar-refractivity contribution in [2.24, 2.45) is 5.92 Å². The highest BCUT2D eigenvalue weighted by Gasteiger charge is 2.44.